The quantitative estimate of drug-likeness (QED) is 0.785. The summed E-state index contributed by atoms with van der Waals surface area (Å²) in [6.07, 6.45) is 0. The summed E-state index contributed by atoms with van der Waals surface area (Å²) in [6.45, 7) is 4.33. The van der Waals surface area contributed by atoms with Crippen molar-refractivity contribution in [3.8, 4) is 5.75 Å². The number of ether oxygens (including phenoxy) is 1. The van der Waals surface area contributed by atoms with Crippen molar-refractivity contribution in [2.75, 3.05) is 23.9 Å². The third kappa shape index (κ3) is 1.83. The monoisotopic (exact) mass is 220 g/mol. The lowest BCUT2D eigenvalue weighted by atomic mass is 10.1. The van der Waals surface area contributed by atoms with E-state index in [4.69, 9.17) is 4.74 Å². The van der Waals surface area contributed by atoms with Crippen LogP contribution in [0.15, 0.2) is 18.2 Å². The van der Waals surface area contributed by atoms with Gasteiger partial charge in [-0.25, -0.2) is 0 Å². The maximum Gasteiger partial charge on any atom is 0.223 e. The van der Waals surface area contributed by atoms with Gasteiger partial charge in [0.25, 0.3) is 0 Å². The van der Waals surface area contributed by atoms with Gasteiger partial charge in [-0.2, -0.15) is 0 Å². The van der Waals surface area contributed by atoms with Gasteiger partial charge < -0.3 is 15.0 Å². The summed E-state index contributed by atoms with van der Waals surface area (Å²) < 4.78 is 5.17. The molecule has 16 heavy (non-hydrogen) atoms. The van der Waals surface area contributed by atoms with E-state index < -0.39 is 0 Å². The molecular formula is C12H16N2O2. The first-order valence-electron chi connectivity index (χ1n) is 5.34. The van der Waals surface area contributed by atoms with Crippen LogP contribution < -0.4 is 15.0 Å². The van der Waals surface area contributed by atoms with Crippen LogP contribution in [0.3, 0.4) is 0 Å². The normalized spacial score (nSPS) is 18.7. The first-order chi connectivity index (χ1) is 7.61. The highest BCUT2D eigenvalue weighted by atomic mass is 16.5. The van der Waals surface area contributed by atoms with E-state index in [0.717, 1.165) is 17.1 Å². The molecule has 1 heterocycles. The summed E-state index contributed by atoms with van der Waals surface area (Å²) in [7, 11) is 1.62. The molecule has 0 saturated heterocycles. The van der Waals surface area contributed by atoms with Crippen LogP contribution in [0.25, 0.3) is 0 Å². The summed E-state index contributed by atoms with van der Waals surface area (Å²) in [6, 6.07) is 5.99. The Morgan fingerprint density at radius 2 is 2.31 bits per heavy atom. The Labute approximate surface area is 95.2 Å². The number of amides is 1. The number of fused-ring (bicyclic) bond motifs is 1. The molecule has 4 heteroatoms. The zero-order valence-electron chi connectivity index (χ0n) is 9.78. The molecule has 1 amide bonds. The van der Waals surface area contributed by atoms with Gasteiger partial charge in [-0.15, -0.1) is 0 Å². The maximum atomic E-state index is 11.6. The molecule has 1 aromatic rings. The first kappa shape index (κ1) is 10.8. The van der Waals surface area contributed by atoms with Crippen molar-refractivity contribution in [2.24, 2.45) is 0 Å². The molecule has 1 aliphatic rings. The molecule has 0 aliphatic carbocycles. The molecule has 2 rings (SSSR count). The van der Waals surface area contributed by atoms with Gasteiger partial charge in [0.05, 0.1) is 18.5 Å². The zero-order valence-corrected chi connectivity index (χ0v) is 9.78. The molecule has 1 aromatic carbocycles. The fraction of sp³-hybridized carbons (Fsp3) is 0.417. The third-order valence-corrected chi connectivity index (χ3v) is 2.73. The summed E-state index contributed by atoms with van der Waals surface area (Å²) in [5.41, 5.74) is 1.87. The molecular weight excluding hydrogens is 204 g/mol. The van der Waals surface area contributed by atoms with Crippen LogP contribution in [-0.2, 0) is 4.79 Å². The summed E-state index contributed by atoms with van der Waals surface area (Å²) in [5, 5.41) is 3.35. The van der Waals surface area contributed by atoms with Crippen LogP contribution in [0.5, 0.6) is 5.75 Å². The molecule has 86 valence electrons. The molecule has 0 fully saturated rings. The van der Waals surface area contributed by atoms with Gasteiger partial charge in [-0.3, -0.25) is 4.79 Å². The summed E-state index contributed by atoms with van der Waals surface area (Å²) in [5.74, 6) is 0.823. The molecule has 1 atom stereocenters. The number of anilines is 2. The topological polar surface area (TPSA) is 41.6 Å². The fourth-order valence-corrected chi connectivity index (χ4v) is 1.97. The number of methoxy groups -OCH3 is 1. The van der Waals surface area contributed by atoms with Gasteiger partial charge in [0.1, 0.15) is 5.75 Å². The molecule has 0 saturated carbocycles. The van der Waals surface area contributed by atoms with Gasteiger partial charge >= 0.3 is 0 Å². The van der Waals surface area contributed by atoms with Crippen LogP contribution >= 0.6 is 0 Å². The standard InChI is InChI=1S/C12H16N2O2/c1-8-7-14(9(2)15)12-6-10(16-3)4-5-11(12)13-8/h4-6,8,13H,7H2,1-3H3/t8-/m0/s1. The second-order valence-electron chi connectivity index (χ2n) is 4.06. The van der Waals surface area contributed by atoms with Crippen LogP contribution in [-0.4, -0.2) is 25.6 Å². The highest BCUT2D eigenvalue weighted by Gasteiger charge is 2.24. The number of hydrogen-bond acceptors (Lipinski definition) is 3. The van der Waals surface area contributed by atoms with Gasteiger partial charge in [-0.1, -0.05) is 0 Å². The van der Waals surface area contributed by atoms with E-state index in [1.54, 1.807) is 18.9 Å². The Kier molecular flexibility index (Phi) is 2.73. The third-order valence-electron chi connectivity index (χ3n) is 2.73. The zero-order chi connectivity index (χ0) is 11.7. The Morgan fingerprint density at radius 3 is 2.94 bits per heavy atom. The minimum absolute atomic E-state index is 0.0582. The SMILES string of the molecule is COc1ccc2c(c1)N(C(C)=O)C[C@H](C)N2. The molecule has 0 aromatic heterocycles. The minimum atomic E-state index is 0.0582. The predicted molar refractivity (Wildman–Crippen MR) is 64.1 cm³/mol. The molecule has 0 radical (unpaired) electrons. The van der Waals surface area contributed by atoms with E-state index in [1.165, 1.54) is 0 Å². The van der Waals surface area contributed by atoms with E-state index in [0.29, 0.717) is 6.54 Å². The lowest BCUT2D eigenvalue weighted by molar-refractivity contribution is -0.116. The number of nitrogens with zero attached hydrogens (tertiary/aromatic N) is 1. The van der Waals surface area contributed by atoms with Crippen molar-refractivity contribution in [1.82, 2.24) is 0 Å². The van der Waals surface area contributed by atoms with E-state index in [2.05, 4.69) is 12.2 Å². The van der Waals surface area contributed by atoms with Gasteiger partial charge in [0.2, 0.25) is 5.91 Å². The van der Waals surface area contributed by atoms with Crippen molar-refractivity contribution >= 4 is 17.3 Å². The highest BCUT2D eigenvalue weighted by Crippen LogP contribution is 2.34. The van der Waals surface area contributed by atoms with Crippen molar-refractivity contribution in [1.29, 1.82) is 0 Å². The number of benzene rings is 1. The molecule has 1 N–H and O–H groups in total. The number of carbonyl (C=O) groups excluding carboxylic acids is 1. The fourth-order valence-electron chi connectivity index (χ4n) is 1.97. The second-order valence-corrected chi connectivity index (χ2v) is 4.06. The predicted octanol–water partition coefficient (Wildman–Crippen LogP) is 1.86. The van der Waals surface area contributed by atoms with Crippen LogP contribution in [0.2, 0.25) is 0 Å². The molecule has 4 nitrogen and oxygen atoms in total. The number of carbonyl (C=O) groups is 1. The second kappa shape index (κ2) is 4.04. The van der Waals surface area contributed by atoms with Crippen molar-refractivity contribution in [2.45, 2.75) is 19.9 Å². The van der Waals surface area contributed by atoms with E-state index >= 15 is 0 Å². The van der Waals surface area contributed by atoms with Crippen LogP contribution in [0, 0.1) is 0 Å². The molecule has 1 aliphatic heterocycles. The first-order valence-corrected chi connectivity index (χ1v) is 5.34. The lowest BCUT2D eigenvalue weighted by Gasteiger charge is -2.33. The van der Waals surface area contributed by atoms with Gasteiger partial charge in [0.15, 0.2) is 0 Å². The van der Waals surface area contributed by atoms with Crippen molar-refractivity contribution in [3.63, 3.8) is 0 Å². The van der Waals surface area contributed by atoms with Crippen LogP contribution in [0.1, 0.15) is 13.8 Å². The van der Waals surface area contributed by atoms with Gasteiger partial charge in [0, 0.05) is 25.6 Å². The lowest BCUT2D eigenvalue weighted by Crippen LogP contribution is -2.42. The Balaban J connectivity index is 2.45. The Bertz CT molecular complexity index is 417. The summed E-state index contributed by atoms with van der Waals surface area (Å²) in [4.78, 5) is 13.3. The smallest absolute Gasteiger partial charge is 0.223 e. The Morgan fingerprint density at radius 1 is 1.56 bits per heavy atom. The summed E-state index contributed by atoms with van der Waals surface area (Å²) >= 11 is 0. The molecule has 0 spiro atoms. The molecule has 0 unspecified atom stereocenters. The van der Waals surface area contributed by atoms with E-state index in [-0.39, 0.29) is 11.9 Å². The van der Waals surface area contributed by atoms with E-state index in [9.17, 15) is 4.79 Å². The number of nitrogens with one attached hydrogen (secondary N) is 1. The van der Waals surface area contributed by atoms with Gasteiger partial charge in [-0.05, 0) is 19.1 Å². The largest absolute Gasteiger partial charge is 0.497 e. The van der Waals surface area contributed by atoms with Crippen LogP contribution in [0.4, 0.5) is 11.4 Å². The van der Waals surface area contributed by atoms with Crippen molar-refractivity contribution < 1.29 is 9.53 Å². The van der Waals surface area contributed by atoms with E-state index in [1.807, 2.05) is 18.2 Å². The highest BCUT2D eigenvalue weighted by molar-refractivity contribution is 5.96. The average Bonchev–Trinajstić information content (AvgIpc) is 2.27. The number of rotatable bonds is 1. The average molecular weight is 220 g/mol. The number of hydrogen-bond donors (Lipinski definition) is 1. The minimum Gasteiger partial charge on any atom is -0.497 e. The maximum absolute atomic E-state index is 11.6. The van der Waals surface area contributed by atoms with Crippen molar-refractivity contribution in [3.05, 3.63) is 18.2 Å². The molecule has 0 bridgehead atoms. The Hall–Kier alpha value is -1.71.